The summed E-state index contributed by atoms with van der Waals surface area (Å²) in [5.41, 5.74) is 17.1. The van der Waals surface area contributed by atoms with Crippen molar-refractivity contribution in [1.82, 2.24) is 9.13 Å². The van der Waals surface area contributed by atoms with Crippen molar-refractivity contribution in [3.8, 4) is 55.9 Å². The van der Waals surface area contributed by atoms with Gasteiger partial charge in [0.1, 0.15) is 0 Å². The van der Waals surface area contributed by atoms with Gasteiger partial charge in [0, 0.05) is 54.5 Å². The highest BCUT2D eigenvalue weighted by Crippen LogP contribution is 2.51. The third kappa shape index (κ3) is 9.30. The maximum atomic E-state index is 2.51. The Kier molecular flexibility index (Phi) is 13.8. The van der Waals surface area contributed by atoms with Gasteiger partial charge in [0.15, 0.2) is 0 Å². The van der Waals surface area contributed by atoms with Crippen LogP contribution in [0.4, 0.5) is 0 Å². The van der Waals surface area contributed by atoms with Gasteiger partial charge < -0.3 is 9.13 Å². The van der Waals surface area contributed by atoms with E-state index in [1.807, 2.05) is 0 Å². The van der Waals surface area contributed by atoms with Crippen LogP contribution >= 0.6 is 0 Å². The van der Waals surface area contributed by atoms with Gasteiger partial charge in [-0.3, -0.25) is 0 Å². The minimum Gasteiger partial charge on any atom is -0.309 e. The number of rotatable bonds is 6. The highest BCUT2D eigenvalue weighted by Gasteiger charge is 2.25. The van der Waals surface area contributed by atoms with Gasteiger partial charge in [-0.25, -0.2) is 0 Å². The van der Waals surface area contributed by atoms with E-state index in [2.05, 4.69) is 410 Å². The number of hydrogen-bond donors (Lipinski definition) is 0. The van der Waals surface area contributed by atoms with Crippen LogP contribution in [0.5, 0.6) is 0 Å². The molecule has 0 radical (unpaired) electrons. The lowest BCUT2D eigenvalue weighted by atomic mass is 9.88. The Hall–Kier alpha value is -14.4. The number of aromatic nitrogens is 2. The molecule has 24 aromatic rings. The zero-order chi connectivity index (χ0) is 72.1. The zero-order valence-corrected chi connectivity index (χ0v) is 60.0. The van der Waals surface area contributed by atoms with Crippen LogP contribution in [0.2, 0.25) is 0 Å². The minimum absolute atomic E-state index is 1.15. The van der Waals surface area contributed by atoms with Crippen molar-refractivity contribution in [3.63, 3.8) is 0 Å². The molecule has 0 fully saturated rings. The molecule has 0 saturated carbocycles. The van der Waals surface area contributed by atoms with Crippen molar-refractivity contribution < 1.29 is 0 Å². The van der Waals surface area contributed by atoms with Crippen molar-refractivity contribution in [2.45, 2.75) is 0 Å². The van der Waals surface area contributed by atoms with E-state index < -0.39 is 0 Å². The van der Waals surface area contributed by atoms with E-state index in [4.69, 9.17) is 0 Å². The molecule has 0 spiro atoms. The molecule has 0 unspecified atom stereocenters. The van der Waals surface area contributed by atoms with Crippen molar-refractivity contribution in [3.05, 3.63) is 400 Å². The van der Waals surface area contributed by atoms with Crippen molar-refractivity contribution in [2.75, 3.05) is 0 Å². The standard InChI is InChI=1S/2C54H33N/c1-2-15-34(16-3-1)48-33-50-43-24-9-11-26-46(43)54-53(52(50)45-25-10-8-23-42(45)48)47-27-12-13-28-51(47)55(54)37-18-14-17-35(31-37)36-29-30-44-40-21-5-4-19-38(40)39-20-6-7-22-41(39)49(44)32-36;1-2-14-35(15-3-1)48-33-50-43-21-9-11-23-46(43)54-53(52(50)45-22-10-8-20-42(45)48)47-24-12-13-25-51(47)55(54)37-29-26-34(27-30-37)36-28-31-44-40-18-5-4-16-38(40)39-17-6-7-19-41(39)49(44)32-36/h2*1-33H. The van der Waals surface area contributed by atoms with Crippen molar-refractivity contribution in [1.29, 1.82) is 0 Å². The lowest BCUT2D eigenvalue weighted by Gasteiger charge is -2.16. The Bertz CT molecular complexity index is 7930. The first kappa shape index (κ1) is 61.8. The number of nitrogens with zero attached hydrogens (tertiary/aromatic N) is 2. The quantitative estimate of drug-likeness (QED) is 0.147. The van der Waals surface area contributed by atoms with Gasteiger partial charge >= 0.3 is 0 Å². The van der Waals surface area contributed by atoms with Crippen LogP contribution in [0, 0.1) is 0 Å². The molecular formula is C108H66N2. The highest BCUT2D eigenvalue weighted by atomic mass is 15.0. The van der Waals surface area contributed by atoms with Crippen LogP contribution in [-0.4, -0.2) is 9.13 Å². The number of para-hydroxylation sites is 2. The topological polar surface area (TPSA) is 9.86 Å². The Morgan fingerprint density at radius 2 is 0.409 bits per heavy atom. The Morgan fingerprint density at radius 3 is 0.818 bits per heavy atom. The van der Waals surface area contributed by atoms with E-state index in [0.717, 1.165) is 11.4 Å². The predicted molar refractivity (Wildman–Crippen MR) is 473 cm³/mol. The fourth-order valence-electron chi connectivity index (χ4n) is 19.1. The van der Waals surface area contributed by atoms with Gasteiger partial charge in [0.2, 0.25) is 0 Å². The SMILES string of the molecule is c1ccc(-c2cc3c4ccccc4c4c(c5ccccc5n4-c4ccc(-c5ccc6c7ccccc7c7ccccc7c6c5)cc4)c3c3ccccc23)cc1.c1ccc(-c2cc3c4ccccc4c4c(c5ccccc5n4-c4cccc(-c5ccc6c7ccccc7c7ccccc7c6c5)c4)c3c3ccccc23)cc1. The summed E-state index contributed by atoms with van der Waals surface area (Å²) in [6.45, 7) is 0. The second-order valence-electron chi connectivity index (χ2n) is 29.6. The third-order valence-corrected chi connectivity index (χ3v) is 23.8. The van der Waals surface area contributed by atoms with Crippen LogP contribution in [0.15, 0.2) is 400 Å². The predicted octanol–water partition coefficient (Wildman–Crippen LogP) is 30.1. The summed E-state index contributed by atoms with van der Waals surface area (Å²) in [6.07, 6.45) is 0. The Balaban J connectivity index is 0.000000132. The normalized spacial score (nSPS) is 12.0. The molecule has 2 nitrogen and oxygen atoms in total. The van der Waals surface area contributed by atoms with Gasteiger partial charge in [0.05, 0.1) is 22.1 Å². The van der Waals surface area contributed by atoms with E-state index in [9.17, 15) is 0 Å². The van der Waals surface area contributed by atoms with E-state index in [0.29, 0.717) is 0 Å². The van der Waals surface area contributed by atoms with Gasteiger partial charge in [-0.15, -0.1) is 0 Å². The summed E-state index contributed by atoms with van der Waals surface area (Å²) in [6, 6.07) is 148. The highest BCUT2D eigenvalue weighted by molar-refractivity contribution is 6.40. The van der Waals surface area contributed by atoms with E-state index in [-0.39, 0.29) is 0 Å². The summed E-state index contributed by atoms with van der Waals surface area (Å²) in [4.78, 5) is 0. The fraction of sp³-hybridized carbons (Fsp3) is 0. The molecule has 0 aliphatic carbocycles. The average Bonchev–Trinajstić information content (AvgIpc) is 0.913. The summed E-state index contributed by atoms with van der Waals surface area (Å²) in [5.74, 6) is 0. The molecule has 508 valence electrons. The van der Waals surface area contributed by atoms with Gasteiger partial charge in [-0.05, 0) is 213 Å². The molecule has 110 heavy (non-hydrogen) atoms. The largest absolute Gasteiger partial charge is 0.309 e. The maximum absolute atomic E-state index is 2.51. The smallest absolute Gasteiger partial charge is 0.0626 e. The summed E-state index contributed by atoms with van der Waals surface area (Å²) < 4.78 is 5.01. The third-order valence-electron chi connectivity index (χ3n) is 23.8. The molecular weight excluding hydrogens is 1330 g/mol. The first-order valence-electron chi connectivity index (χ1n) is 38.2. The first-order valence-corrected chi connectivity index (χ1v) is 38.2. The molecule has 0 amide bonds. The summed E-state index contributed by atoms with van der Waals surface area (Å²) in [5, 5.41) is 36.0. The second-order valence-corrected chi connectivity index (χ2v) is 29.6. The molecule has 0 aliphatic heterocycles. The number of benzene rings is 22. The zero-order valence-electron chi connectivity index (χ0n) is 60.0. The molecule has 22 aromatic carbocycles. The molecule has 2 heteroatoms. The fourth-order valence-corrected chi connectivity index (χ4v) is 19.1. The maximum Gasteiger partial charge on any atom is 0.0626 e. The molecule has 0 bridgehead atoms. The van der Waals surface area contributed by atoms with Gasteiger partial charge in [-0.1, -0.05) is 340 Å². The molecule has 0 saturated heterocycles. The average molecular weight is 1390 g/mol. The number of fused-ring (bicyclic) bond motifs is 32. The van der Waals surface area contributed by atoms with Gasteiger partial charge in [-0.2, -0.15) is 0 Å². The van der Waals surface area contributed by atoms with Crippen molar-refractivity contribution >= 4 is 173 Å². The molecule has 24 rings (SSSR count). The second kappa shape index (κ2) is 24.6. The lowest BCUT2D eigenvalue weighted by molar-refractivity contribution is 1.19. The lowest BCUT2D eigenvalue weighted by Crippen LogP contribution is -1.96. The van der Waals surface area contributed by atoms with Crippen LogP contribution < -0.4 is 0 Å². The van der Waals surface area contributed by atoms with E-state index in [1.54, 1.807) is 0 Å². The molecule has 2 heterocycles. The van der Waals surface area contributed by atoms with Crippen LogP contribution in [0.1, 0.15) is 0 Å². The number of hydrogen-bond acceptors (Lipinski definition) is 0. The summed E-state index contributed by atoms with van der Waals surface area (Å²) in [7, 11) is 0. The molecule has 0 atom stereocenters. The Labute approximate surface area is 634 Å². The van der Waals surface area contributed by atoms with Crippen LogP contribution in [0.25, 0.3) is 229 Å². The molecule has 0 N–H and O–H groups in total. The summed E-state index contributed by atoms with van der Waals surface area (Å²) >= 11 is 0. The van der Waals surface area contributed by atoms with Crippen molar-refractivity contribution in [2.24, 2.45) is 0 Å². The first-order chi connectivity index (χ1) is 54.6. The molecule has 0 aliphatic rings. The van der Waals surface area contributed by atoms with E-state index in [1.165, 1.54) is 217 Å². The molecule has 2 aromatic heterocycles. The van der Waals surface area contributed by atoms with Crippen LogP contribution in [-0.2, 0) is 0 Å². The van der Waals surface area contributed by atoms with Gasteiger partial charge in [0.25, 0.3) is 0 Å². The minimum atomic E-state index is 1.15. The van der Waals surface area contributed by atoms with Crippen LogP contribution in [0.3, 0.4) is 0 Å². The monoisotopic (exact) mass is 1390 g/mol. The Morgan fingerprint density at radius 1 is 0.127 bits per heavy atom. The van der Waals surface area contributed by atoms with E-state index >= 15 is 0 Å².